The van der Waals surface area contributed by atoms with Gasteiger partial charge in [-0.1, -0.05) is 31.9 Å². The average molecular weight is 541 g/mol. The van der Waals surface area contributed by atoms with E-state index in [2.05, 4.69) is 24.1 Å². The van der Waals surface area contributed by atoms with Crippen LogP contribution in [0.3, 0.4) is 0 Å². The van der Waals surface area contributed by atoms with E-state index in [1.54, 1.807) is 35.0 Å². The van der Waals surface area contributed by atoms with Crippen molar-refractivity contribution in [3.05, 3.63) is 51.4 Å². The van der Waals surface area contributed by atoms with Crippen molar-refractivity contribution in [3.63, 3.8) is 0 Å². The fourth-order valence-corrected chi connectivity index (χ4v) is 8.57. The minimum absolute atomic E-state index is 0.108. The highest BCUT2D eigenvalue weighted by Gasteiger charge is 2.53. The Bertz CT molecular complexity index is 1560. The third kappa shape index (κ3) is 4.16. The second-order valence-corrected chi connectivity index (χ2v) is 14.3. The maximum atomic E-state index is 13.2. The van der Waals surface area contributed by atoms with E-state index in [4.69, 9.17) is 16.6 Å². The standard InChI is InChI=1S/C28H33ClN4O3S/c1-16(2)18-12-21(13-18)37(35,36)20-6-7-23(17(3)11-20)31-27-30-15-19-14-22(29)26(34)33(25(19)32-27)24-5-4-8-28(24)9-10-28/h6-7,11,14-16,18,21,24H,4-5,8-10,12-13H2,1-3H3,(H,30,31,32). The molecule has 1 N–H and O–H groups in total. The van der Waals surface area contributed by atoms with Gasteiger partial charge >= 0.3 is 0 Å². The quantitative estimate of drug-likeness (QED) is 0.399. The molecule has 2 heterocycles. The summed E-state index contributed by atoms with van der Waals surface area (Å²) in [6, 6.07) is 6.92. The first-order chi connectivity index (χ1) is 17.6. The number of pyridine rings is 1. The Hall–Kier alpha value is -2.45. The van der Waals surface area contributed by atoms with Crippen LogP contribution in [0.4, 0.5) is 11.6 Å². The van der Waals surface area contributed by atoms with E-state index in [0.29, 0.717) is 28.3 Å². The normalized spacial score (nSPS) is 24.5. The summed E-state index contributed by atoms with van der Waals surface area (Å²) in [6.07, 6.45) is 8.64. The van der Waals surface area contributed by atoms with Crippen molar-refractivity contribution in [1.29, 1.82) is 0 Å². The Morgan fingerprint density at radius 3 is 2.59 bits per heavy atom. The molecule has 2 aromatic heterocycles. The Balaban J connectivity index is 1.30. The summed E-state index contributed by atoms with van der Waals surface area (Å²) in [7, 11) is -3.35. The molecular weight excluding hydrogens is 508 g/mol. The minimum atomic E-state index is -3.35. The Labute approximate surface area is 222 Å². The van der Waals surface area contributed by atoms with Crippen LogP contribution in [0.5, 0.6) is 0 Å². The molecule has 1 spiro atoms. The van der Waals surface area contributed by atoms with Crippen LogP contribution < -0.4 is 10.9 Å². The second-order valence-electron chi connectivity index (χ2n) is 11.7. The molecular formula is C28H33ClN4O3S. The predicted molar refractivity (Wildman–Crippen MR) is 146 cm³/mol. The predicted octanol–water partition coefficient (Wildman–Crippen LogP) is 6.21. The van der Waals surface area contributed by atoms with Gasteiger partial charge in [0.15, 0.2) is 9.84 Å². The molecule has 0 amide bonds. The van der Waals surface area contributed by atoms with Gasteiger partial charge < -0.3 is 5.32 Å². The monoisotopic (exact) mass is 540 g/mol. The molecule has 6 rings (SSSR count). The number of halogens is 1. The smallest absolute Gasteiger partial charge is 0.271 e. The van der Waals surface area contributed by atoms with E-state index in [1.807, 2.05) is 6.92 Å². The molecule has 1 atom stereocenters. The first-order valence-electron chi connectivity index (χ1n) is 13.3. The van der Waals surface area contributed by atoms with Crippen molar-refractivity contribution < 1.29 is 8.42 Å². The van der Waals surface area contributed by atoms with Crippen LogP contribution in [0.1, 0.15) is 70.4 Å². The summed E-state index contributed by atoms with van der Waals surface area (Å²) in [5, 5.41) is 3.87. The zero-order valence-electron chi connectivity index (χ0n) is 21.5. The lowest BCUT2D eigenvalue weighted by molar-refractivity contribution is 0.237. The Kier molecular flexibility index (Phi) is 5.91. The van der Waals surface area contributed by atoms with Gasteiger partial charge in [0, 0.05) is 23.3 Å². The van der Waals surface area contributed by atoms with E-state index < -0.39 is 9.84 Å². The van der Waals surface area contributed by atoms with Gasteiger partial charge in [-0.2, -0.15) is 4.98 Å². The summed E-state index contributed by atoms with van der Waals surface area (Å²) in [4.78, 5) is 22.8. The maximum Gasteiger partial charge on any atom is 0.271 e. The van der Waals surface area contributed by atoms with Crippen molar-refractivity contribution in [1.82, 2.24) is 14.5 Å². The molecule has 3 fully saturated rings. The fraction of sp³-hybridized carbons (Fsp3) is 0.536. The molecule has 0 aliphatic heterocycles. The van der Waals surface area contributed by atoms with Gasteiger partial charge in [0.1, 0.15) is 10.7 Å². The van der Waals surface area contributed by atoms with Gasteiger partial charge in [-0.3, -0.25) is 9.36 Å². The molecule has 0 radical (unpaired) electrons. The molecule has 7 nitrogen and oxygen atoms in total. The number of nitrogens with zero attached hydrogens (tertiary/aromatic N) is 3. The second kappa shape index (κ2) is 8.80. The van der Waals surface area contributed by atoms with E-state index in [1.165, 1.54) is 0 Å². The van der Waals surface area contributed by atoms with Gasteiger partial charge in [-0.15, -0.1) is 0 Å². The van der Waals surface area contributed by atoms with Crippen LogP contribution in [0.25, 0.3) is 11.0 Å². The summed E-state index contributed by atoms with van der Waals surface area (Å²) < 4.78 is 28.1. The lowest BCUT2D eigenvalue weighted by Gasteiger charge is -2.37. The number of nitrogens with one attached hydrogen (secondary N) is 1. The first kappa shape index (κ1) is 24.9. The molecule has 1 aromatic carbocycles. The van der Waals surface area contributed by atoms with E-state index in [-0.39, 0.29) is 27.3 Å². The highest BCUT2D eigenvalue weighted by Crippen LogP contribution is 2.63. The third-order valence-electron chi connectivity index (χ3n) is 9.08. The average Bonchev–Trinajstić information content (AvgIpc) is 3.47. The number of anilines is 2. The largest absolute Gasteiger partial charge is 0.324 e. The van der Waals surface area contributed by atoms with Crippen molar-refractivity contribution in [2.45, 2.75) is 81.9 Å². The zero-order chi connectivity index (χ0) is 26.1. The van der Waals surface area contributed by atoms with Gasteiger partial charge in [-0.05, 0) is 92.5 Å². The summed E-state index contributed by atoms with van der Waals surface area (Å²) in [6.45, 7) is 6.18. The van der Waals surface area contributed by atoms with Crippen molar-refractivity contribution in [3.8, 4) is 0 Å². The van der Waals surface area contributed by atoms with Crippen molar-refractivity contribution in [2.75, 3.05) is 5.32 Å². The minimum Gasteiger partial charge on any atom is -0.324 e. The van der Waals surface area contributed by atoms with Crippen molar-refractivity contribution >= 4 is 44.1 Å². The molecule has 0 saturated heterocycles. The highest BCUT2D eigenvalue weighted by atomic mass is 35.5. The van der Waals surface area contributed by atoms with Crippen LogP contribution >= 0.6 is 11.6 Å². The van der Waals surface area contributed by atoms with Gasteiger partial charge in [0.2, 0.25) is 5.95 Å². The zero-order valence-corrected chi connectivity index (χ0v) is 23.1. The maximum absolute atomic E-state index is 13.2. The van der Waals surface area contributed by atoms with E-state index in [0.717, 1.165) is 61.6 Å². The molecule has 0 bridgehead atoms. The fourth-order valence-electron chi connectivity index (χ4n) is 6.37. The number of aryl methyl sites for hydroxylation is 1. The van der Waals surface area contributed by atoms with Gasteiger partial charge in [0.05, 0.1) is 10.1 Å². The van der Waals surface area contributed by atoms with Crippen LogP contribution in [0, 0.1) is 24.2 Å². The lowest BCUT2D eigenvalue weighted by Crippen LogP contribution is -2.38. The van der Waals surface area contributed by atoms with E-state index >= 15 is 0 Å². The number of rotatable bonds is 6. The van der Waals surface area contributed by atoms with Crippen molar-refractivity contribution in [2.24, 2.45) is 17.3 Å². The van der Waals surface area contributed by atoms with E-state index in [9.17, 15) is 13.2 Å². The third-order valence-corrected chi connectivity index (χ3v) is 11.5. The summed E-state index contributed by atoms with van der Waals surface area (Å²) in [5.74, 6) is 1.36. The molecule has 37 heavy (non-hydrogen) atoms. The first-order valence-corrected chi connectivity index (χ1v) is 15.2. The Morgan fingerprint density at radius 1 is 1.16 bits per heavy atom. The Morgan fingerprint density at radius 2 is 1.92 bits per heavy atom. The topological polar surface area (TPSA) is 94.0 Å². The molecule has 9 heteroatoms. The van der Waals surface area contributed by atoms with Gasteiger partial charge in [0.25, 0.3) is 5.56 Å². The molecule has 3 saturated carbocycles. The number of sulfone groups is 1. The number of hydrogen-bond acceptors (Lipinski definition) is 6. The molecule has 1 unspecified atom stereocenters. The molecule has 3 aliphatic carbocycles. The van der Waals surface area contributed by atoms with Crippen LogP contribution in [0.2, 0.25) is 5.02 Å². The number of hydrogen-bond donors (Lipinski definition) is 1. The number of aromatic nitrogens is 3. The molecule has 196 valence electrons. The van der Waals surface area contributed by atoms with Gasteiger partial charge in [-0.25, -0.2) is 13.4 Å². The molecule has 3 aromatic rings. The molecule has 3 aliphatic rings. The number of benzene rings is 1. The highest BCUT2D eigenvalue weighted by molar-refractivity contribution is 7.92. The summed E-state index contributed by atoms with van der Waals surface area (Å²) >= 11 is 6.33. The van der Waals surface area contributed by atoms with Crippen LogP contribution in [-0.4, -0.2) is 28.2 Å². The van der Waals surface area contributed by atoms with Crippen LogP contribution in [-0.2, 0) is 9.84 Å². The lowest BCUT2D eigenvalue weighted by atomic mass is 9.77. The van der Waals surface area contributed by atoms with Crippen LogP contribution in [0.15, 0.2) is 40.2 Å². The SMILES string of the molecule is Cc1cc(S(=O)(=O)C2CC(C(C)C)C2)ccc1Nc1ncc2cc(Cl)c(=O)n(C3CCCC34CC4)c2n1. The number of fused-ring (bicyclic) bond motifs is 1. The summed E-state index contributed by atoms with van der Waals surface area (Å²) in [5.41, 5.74) is 2.12.